The van der Waals surface area contributed by atoms with E-state index in [-0.39, 0.29) is 24.1 Å². The summed E-state index contributed by atoms with van der Waals surface area (Å²) < 4.78 is 0. The minimum Gasteiger partial charge on any atom is -0.342 e. The Morgan fingerprint density at radius 1 is 0.667 bits per heavy atom. The Bertz CT molecular complexity index is 395. The van der Waals surface area contributed by atoms with Gasteiger partial charge in [-0.3, -0.25) is 14.4 Å². The van der Waals surface area contributed by atoms with E-state index < -0.39 is 0 Å². The van der Waals surface area contributed by atoms with Crippen LogP contribution in [0, 0.1) is 0 Å². The van der Waals surface area contributed by atoms with Crippen LogP contribution in [0.1, 0.15) is 39.0 Å². The van der Waals surface area contributed by atoms with E-state index in [0.717, 1.165) is 25.9 Å². The van der Waals surface area contributed by atoms with E-state index in [1.807, 2.05) is 4.90 Å². The van der Waals surface area contributed by atoms with Gasteiger partial charge in [-0.2, -0.15) is 0 Å². The highest BCUT2D eigenvalue weighted by molar-refractivity contribution is 5.97. The molecule has 0 bridgehead atoms. The van der Waals surface area contributed by atoms with Crippen LogP contribution < -0.4 is 0 Å². The smallest absolute Gasteiger partial charge is 0.232 e. The summed E-state index contributed by atoms with van der Waals surface area (Å²) in [6, 6.07) is 0. The lowest BCUT2D eigenvalue weighted by Crippen LogP contribution is -2.50. The molecule has 2 rings (SSSR count). The lowest BCUT2D eigenvalue weighted by Gasteiger charge is -2.34. The Labute approximate surface area is 126 Å². The van der Waals surface area contributed by atoms with E-state index in [0.29, 0.717) is 26.2 Å². The largest absolute Gasteiger partial charge is 0.342 e. The van der Waals surface area contributed by atoms with Crippen LogP contribution in [0.3, 0.4) is 0 Å². The van der Waals surface area contributed by atoms with E-state index in [1.165, 1.54) is 12.8 Å². The standard InChI is InChI=1S/C15H25N3O3/c1-13(19)16-8-10-18(11-9-16)15(21)12-14(20)17-6-4-2-3-5-7-17/h2-12H2,1H3. The molecule has 21 heavy (non-hydrogen) atoms. The number of hydrogen-bond acceptors (Lipinski definition) is 3. The summed E-state index contributed by atoms with van der Waals surface area (Å²) >= 11 is 0. The van der Waals surface area contributed by atoms with Gasteiger partial charge in [0.15, 0.2) is 0 Å². The zero-order valence-corrected chi connectivity index (χ0v) is 12.8. The average molecular weight is 295 g/mol. The Balaban J connectivity index is 1.78. The van der Waals surface area contributed by atoms with Crippen molar-refractivity contribution in [3.63, 3.8) is 0 Å². The summed E-state index contributed by atoms with van der Waals surface area (Å²) in [5, 5.41) is 0. The monoisotopic (exact) mass is 295 g/mol. The molecule has 6 heteroatoms. The van der Waals surface area contributed by atoms with Gasteiger partial charge in [-0.15, -0.1) is 0 Å². The van der Waals surface area contributed by atoms with Gasteiger partial charge in [-0.05, 0) is 12.8 Å². The first-order valence-corrected chi connectivity index (χ1v) is 7.89. The molecule has 0 aromatic rings. The van der Waals surface area contributed by atoms with Gasteiger partial charge in [-0.1, -0.05) is 12.8 Å². The van der Waals surface area contributed by atoms with Crippen LogP contribution in [-0.4, -0.2) is 71.7 Å². The van der Waals surface area contributed by atoms with Gasteiger partial charge in [0.05, 0.1) is 0 Å². The molecular weight excluding hydrogens is 270 g/mol. The second-order valence-electron chi connectivity index (χ2n) is 5.86. The van der Waals surface area contributed by atoms with Crippen molar-refractivity contribution >= 4 is 17.7 Å². The van der Waals surface area contributed by atoms with Gasteiger partial charge in [0.1, 0.15) is 6.42 Å². The van der Waals surface area contributed by atoms with Crippen LogP contribution in [0.5, 0.6) is 0 Å². The molecule has 2 aliphatic rings. The summed E-state index contributed by atoms with van der Waals surface area (Å²) in [5.41, 5.74) is 0. The minimum absolute atomic E-state index is 0.0277. The van der Waals surface area contributed by atoms with Crippen LogP contribution in [0.4, 0.5) is 0 Å². The lowest BCUT2D eigenvalue weighted by atomic mass is 10.2. The number of rotatable bonds is 2. The molecule has 0 unspecified atom stereocenters. The molecule has 3 amide bonds. The molecule has 6 nitrogen and oxygen atoms in total. The molecule has 0 atom stereocenters. The molecule has 2 aliphatic heterocycles. The first-order chi connectivity index (χ1) is 10.1. The third-order valence-corrected chi connectivity index (χ3v) is 4.34. The fourth-order valence-corrected chi connectivity index (χ4v) is 2.94. The van der Waals surface area contributed by atoms with Crippen molar-refractivity contribution < 1.29 is 14.4 Å². The van der Waals surface area contributed by atoms with E-state index in [4.69, 9.17) is 0 Å². The molecule has 0 aromatic carbocycles. The summed E-state index contributed by atoms with van der Waals surface area (Å²) in [7, 11) is 0. The Kier molecular flexibility index (Phi) is 5.59. The molecule has 2 saturated heterocycles. The maximum atomic E-state index is 12.2. The van der Waals surface area contributed by atoms with Crippen molar-refractivity contribution in [1.82, 2.24) is 14.7 Å². The lowest BCUT2D eigenvalue weighted by molar-refractivity contribution is -0.143. The normalized spacial score (nSPS) is 20.1. The van der Waals surface area contributed by atoms with Crippen LogP contribution >= 0.6 is 0 Å². The molecule has 2 fully saturated rings. The SMILES string of the molecule is CC(=O)N1CCN(C(=O)CC(=O)N2CCCCCC2)CC1. The maximum absolute atomic E-state index is 12.2. The van der Waals surface area contributed by atoms with Crippen LogP contribution in [0.15, 0.2) is 0 Å². The van der Waals surface area contributed by atoms with Crippen molar-refractivity contribution in [3.8, 4) is 0 Å². The number of amides is 3. The second-order valence-corrected chi connectivity index (χ2v) is 5.86. The fraction of sp³-hybridized carbons (Fsp3) is 0.800. The first-order valence-electron chi connectivity index (χ1n) is 7.89. The van der Waals surface area contributed by atoms with E-state index >= 15 is 0 Å². The maximum Gasteiger partial charge on any atom is 0.232 e. The van der Waals surface area contributed by atoms with Crippen LogP contribution in [-0.2, 0) is 14.4 Å². The highest BCUT2D eigenvalue weighted by Crippen LogP contribution is 2.12. The second kappa shape index (κ2) is 7.43. The number of carbonyl (C=O) groups is 3. The minimum atomic E-state index is -0.104. The predicted octanol–water partition coefficient (Wildman–Crippen LogP) is 0.470. The molecule has 2 heterocycles. The Morgan fingerprint density at radius 2 is 1.10 bits per heavy atom. The fourth-order valence-electron chi connectivity index (χ4n) is 2.94. The summed E-state index contributed by atoms with van der Waals surface area (Å²) in [6.07, 6.45) is 4.39. The van der Waals surface area contributed by atoms with Crippen molar-refractivity contribution in [2.45, 2.75) is 39.0 Å². The number of piperazine rings is 1. The van der Waals surface area contributed by atoms with Crippen LogP contribution in [0.25, 0.3) is 0 Å². The summed E-state index contributed by atoms with van der Waals surface area (Å²) in [5.74, 6) is -0.105. The van der Waals surface area contributed by atoms with E-state index in [9.17, 15) is 14.4 Å². The van der Waals surface area contributed by atoms with Crippen LogP contribution in [0.2, 0.25) is 0 Å². The quantitative estimate of drug-likeness (QED) is 0.696. The number of nitrogens with zero attached hydrogens (tertiary/aromatic N) is 3. The molecule has 0 saturated carbocycles. The van der Waals surface area contributed by atoms with Crippen molar-refractivity contribution in [2.75, 3.05) is 39.3 Å². The van der Waals surface area contributed by atoms with Gasteiger partial charge in [-0.25, -0.2) is 0 Å². The average Bonchev–Trinajstić information content (AvgIpc) is 2.76. The number of likely N-dealkylation sites (tertiary alicyclic amines) is 1. The number of hydrogen-bond donors (Lipinski definition) is 0. The molecule has 0 N–H and O–H groups in total. The highest BCUT2D eigenvalue weighted by Gasteiger charge is 2.25. The topological polar surface area (TPSA) is 60.9 Å². The highest BCUT2D eigenvalue weighted by atomic mass is 16.2. The molecule has 0 spiro atoms. The summed E-state index contributed by atoms with van der Waals surface area (Å²) in [6.45, 7) is 5.31. The van der Waals surface area contributed by atoms with Gasteiger partial charge in [0, 0.05) is 46.2 Å². The van der Waals surface area contributed by atoms with Crippen molar-refractivity contribution in [1.29, 1.82) is 0 Å². The number of carbonyl (C=O) groups excluding carboxylic acids is 3. The van der Waals surface area contributed by atoms with Gasteiger partial charge >= 0.3 is 0 Å². The van der Waals surface area contributed by atoms with E-state index in [1.54, 1.807) is 16.7 Å². The molecular formula is C15H25N3O3. The molecule has 118 valence electrons. The molecule has 0 aromatic heterocycles. The molecule has 0 radical (unpaired) electrons. The molecule has 0 aliphatic carbocycles. The third-order valence-electron chi connectivity index (χ3n) is 4.34. The van der Waals surface area contributed by atoms with Gasteiger partial charge in [0.25, 0.3) is 0 Å². The first kappa shape index (κ1) is 15.8. The Morgan fingerprint density at radius 3 is 1.57 bits per heavy atom. The van der Waals surface area contributed by atoms with E-state index in [2.05, 4.69) is 0 Å². The summed E-state index contributed by atoms with van der Waals surface area (Å²) in [4.78, 5) is 40.9. The van der Waals surface area contributed by atoms with Crippen molar-refractivity contribution in [3.05, 3.63) is 0 Å². The zero-order chi connectivity index (χ0) is 15.2. The predicted molar refractivity (Wildman–Crippen MR) is 78.5 cm³/mol. The van der Waals surface area contributed by atoms with Gasteiger partial charge in [0.2, 0.25) is 17.7 Å². The van der Waals surface area contributed by atoms with Crippen molar-refractivity contribution in [2.24, 2.45) is 0 Å². The third kappa shape index (κ3) is 4.44. The zero-order valence-electron chi connectivity index (χ0n) is 12.8. The Hall–Kier alpha value is -1.59. The van der Waals surface area contributed by atoms with Gasteiger partial charge < -0.3 is 14.7 Å².